The molecule has 5 nitrogen and oxygen atoms in total. The molecule has 0 spiro atoms. The van der Waals surface area contributed by atoms with Gasteiger partial charge >= 0.3 is 5.97 Å². The summed E-state index contributed by atoms with van der Waals surface area (Å²) < 4.78 is 10.9. The number of carbonyl (C=O) groups excluding carboxylic acids is 1. The van der Waals surface area contributed by atoms with Crippen molar-refractivity contribution in [2.24, 2.45) is 0 Å². The molecular formula is C19H16N2O3. The molecule has 120 valence electrons. The molecule has 2 heterocycles. The number of furan rings is 1. The second-order valence-corrected chi connectivity index (χ2v) is 5.38. The van der Waals surface area contributed by atoms with Crippen molar-refractivity contribution in [3.8, 4) is 17.5 Å². The minimum atomic E-state index is -0.420. The Kier molecular flexibility index (Phi) is 4.57. The van der Waals surface area contributed by atoms with Crippen molar-refractivity contribution in [2.45, 2.75) is 19.8 Å². The third kappa shape index (κ3) is 3.28. The highest BCUT2D eigenvalue weighted by Crippen LogP contribution is 2.26. The number of aromatic nitrogens is 1. The summed E-state index contributed by atoms with van der Waals surface area (Å²) in [6.45, 7) is 2.08. The van der Waals surface area contributed by atoms with Crippen LogP contribution in [-0.4, -0.2) is 17.6 Å². The van der Waals surface area contributed by atoms with E-state index in [2.05, 4.69) is 4.98 Å². The van der Waals surface area contributed by atoms with Crippen LogP contribution in [-0.2, 0) is 4.74 Å². The van der Waals surface area contributed by atoms with Crippen molar-refractivity contribution in [1.82, 2.24) is 4.98 Å². The molecule has 0 aliphatic carbocycles. The van der Waals surface area contributed by atoms with E-state index < -0.39 is 5.97 Å². The van der Waals surface area contributed by atoms with E-state index >= 15 is 0 Å². The Morgan fingerprint density at radius 2 is 2.12 bits per heavy atom. The highest BCUT2D eigenvalue weighted by molar-refractivity contribution is 6.04. The summed E-state index contributed by atoms with van der Waals surface area (Å²) in [5, 5.41) is 9.28. The SMILES string of the molecule is Cc1ccc(-c2cc(C(=O)OCCCC#N)c3ccccc3n2)o1. The van der Waals surface area contributed by atoms with Gasteiger partial charge in [-0.05, 0) is 37.6 Å². The number of esters is 1. The van der Waals surface area contributed by atoms with Crippen LogP contribution in [0.3, 0.4) is 0 Å². The number of hydrogen-bond donors (Lipinski definition) is 0. The Bertz CT molecular complexity index is 922. The fraction of sp³-hybridized carbons (Fsp3) is 0.211. The van der Waals surface area contributed by atoms with E-state index in [9.17, 15) is 4.79 Å². The number of nitriles is 1. The van der Waals surface area contributed by atoms with E-state index in [1.807, 2.05) is 49.4 Å². The molecule has 0 saturated heterocycles. The molecule has 0 saturated carbocycles. The average Bonchev–Trinajstić information content (AvgIpc) is 3.04. The molecule has 0 fully saturated rings. The highest BCUT2D eigenvalue weighted by Gasteiger charge is 2.16. The zero-order valence-electron chi connectivity index (χ0n) is 13.3. The third-order valence-electron chi connectivity index (χ3n) is 3.59. The highest BCUT2D eigenvalue weighted by atomic mass is 16.5. The number of hydrogen-bond acceptors (Lipinski definition) is 5. The van der Waals surface area contributed by atoms with Crippen molar-refractivity contribution < 1.29 is 13.9 Å². The van der Waals surface area contributed by atoms with Gasteiger partial charge in [-0.3, -0.25) is 0 Å². The van der Waals surface area contributed by atoms with Gasteiger partial charge in [0.25, 0.3) is 0 Å². The molecule has 0 aliphatic rings. The number of carbonyl (C=O) groups is 1. The Hall–Kier alpha value is -3.13. The lowest BCUT2D eigenvalue weighted by Gasteiger charge is -2.08. The summed E-state index contributed by atoms with van der Waals surface area (Å²) in [6.07, 6.45) is 0.886. The van der Waals surface area contributed by atoms with Gasteiger partial charge in [-0.2, -0.15) is 5.26 Å². The van der Waals surface area contributed by atoms with Crippen molar-refractivity contribution in [1.29, 1.82) is 5.26 Å². The van der Waals surface area contributed by atoms with E-state index in [1.165, 1.54) is 0 Å². The van der Waals surface area contributed by atoms with Crippen LogP contribution in [0.4, 0.5) is 0 Å². The molecule has 3 aromatic rings. The van der Waals surface area contributed by atoms with Crippen LogP contribution in [0.1, 0.15) is 29.0 Å². The van der Waals surface area contributed by atoms with Crippen LogP contribution in [0.25, 0.3) is 22.4 Å². The minimum Gasteiger partial charge on any atom is -0.462 e. The second-order valence-electron chi connectivity index (χ2n) is 5.38. The first kappa shape index (κ1) is 15.8. The largest absolute Gasteiger partial charge is 0.462 e. The van der Waals surface area contributed by atoms with Crippen molar-refractivity contribution in [3.05, 3.63) is 53.8 Å². The van der Waals surface area contributed by atoms with Crippen molar-refractivity contribution in [3.63, 3.8) is 0 Å². The van der Waals surface area contributed by atoms with E-state index in [1.54, 1.807) is 6.07 Å². The number of para-hydroxylation sites is 1. The third-order valence-corrected chi connectivity index (χ3v) is 3.59. The molecule has 1 aromatic carbocycles. The molecule has 3 rings (SSSR count). The van der Waals surface area contributed by atoms with Crippen LogP contribution in [0.5, 0.6) is 0 Å². The summed E-state index contributed by atoms with van der Waals surface area (Å²) in [7, 11) is 0. The molecule has 0 bridgehead atoms. The Morgan fingerprint density at radius 3 is 2.88 bits per heavy atom. The van der Waals surface area contributed by atoms with Gasteiger partial charge in [-0.25, -0.2) is 9.78 Å². The van der Waals surface area contributed by atoms with E-state index in [4.69, 9.17) is 14.4 Å². The van der Waals surface area contributed by atoms with Gasteiger partial charge in [0.2, 0.25) is 0 Å². The lowest BCUT2D eigenvalue weighted by molar-refractivity contribution is 0.0504. The number of ether oxygens (including phenoxy) is 1. The molecular weight excluding hydrogens is 304 g/mol. The Morgan fingerprint density at radius 1 is 1.29 bits per heavy atom. The number of unbranched alkanes of at least 4 members (excludes halogenated alkanes) is 1. The maximum Gasteiger partial charge on any atom is 0.338 e. The first-order valence-electron chi connectivity index (χ1n) is 7.69. The molecule has 0 atom stereocenters. The van der Waals surface area contributed by atoms with E-state index in [0.717, 1.165) is 11.1 Å². The molecule has 0 radical (unpaired) electrons. The van der Waals surface area contributed by atoms with Crippen LogP contribution < -0.4 is 0 Å². The number of nitrogens with zero attached hydrogens (tertiary/aromatic N) is 2. The summed E-state index contributed by atoms with van der Waals surface area (Å²) in [5.74, 6) is 0.966. The summed E-state index contributed by atoms with van der Waals surface area (Å²) in [6, 6.07) is 14.8. The average molecular weight is 320 g/mol. The lowest BCUT2D eigenvalue weighted by Crippen LogP contribution is -2.08. The van der Waals surface area contributed by atoms with Gasteiger partial charge < -0.3 is 9.15 Å². The van der Waals surface area contributed by atoms with Gasteiger partial charge in [-0.15, -0.1) is 0 Å². The zero-order valence-corrected chi connectivity index (χ0v) is 13.3. The summed E-state index contributed by atoms with van der Waals surface area (Å²) in [5.41, 5.74) is 1.74. The number of pyridine rings is 1. The van der Waals surface area contributed by atoms with Crippen LogP contribution in [0, 0.1) is 18.3 Å². The summed E-state index contributed by atoms with van der Waals surface area (Å²) >= 11 is 0. The molecule has 0 N–H and O–H groups in total. The molecule has 0 aliphatic heterocycles. The minimum absolute atomic E-state index is 0.220. The maximum atomic E-state index is 12.4. The van der Waals surface area contributed by atoms with E-state index in [0.29, 0.717) is 35.4 Å². The summed E-state index contributed by atoms with van der Waals surface area (Å²) in [4.78, 5) is 17.0. The Balaban J connectivity index is 1.99. The zero-order chi connectivity index (χ0) is 16.9. The van der Waals surface area contributed by atoms with Crippen LogP contribution in [0.2, 0.25) is 0 Å². The smallest absolute Gasteiger partial charge is 0.338 e. The van der Waals surface area contributed by atoms with Gasteiger partial charge in [-0.1, -0.05) is 18.2 Å². The Labute approximate surface area is 139 Å². The number of aryl methyl sites for hydroxylation is 1. The number of benzene rings is 1. The topological polar surface area (TPSA) is 76.1 Å². The molecule has 0 amide bonds. The molecule has 0 unspecified atom stereocenters. The normalized spacial score (nSPS) is 10.5. The van der Waals surface area contributed by atoms with Crippen molar-refractivity contribution >= 4 is 16.9 Å². The predicted octanol–water partition coefficient (Wildman–Crippen LogP) is 4.26. The molecule has 5 heteroatoms. The number of rotatable bonds is 5. The second kappa shape index (κ2) is 6.97. The predicted molar refractivity (Wildman–Crippen MR) is 89.3 cm³/mol. The fourth-order valence-corrected chi connectivity index (χ4v) is 2.44. The fourth-order valence-electron chi connectivity index (χ4n) is 2.44. The van der Waals surface area contributed by atoms with Crippen LogP contribution in [0.15, 0.2) is 46.9 Å². The first-order valence-corrected chi connectivity index (χ1v) is 7.69. The van der Waals surface area contributed by atoms with Crippen molar-refractivity contribution in [2.75, 3.05) is 6.61 Å². The van der Waals surface area contributed by atoms with Gasteiger partial charge in [0.05, 0.1) is 23.8 Å². The first-order chi connectivity index (χ1) is 11.7. The lowest BCUT2D eigenvalue weighted by atomic mass is 10.1. The van der Waals surface area contributed by atoms with E-state index in [-0.39, 0.29) is 6.61 Å². The van der Waals surface area contributed by atoms with Gasteiger partial charge in [0.15, 0.2) is 5.76 Å². The van der Waals surface area contributed by atoms with Crippen LogP contribution >= 0.6 is 0 Å². The molecule has 2 aromatic heterocycles. The van der Waals surface area contributed by atoms with Gasteiger partial charge in [0.1, 0.15) is 11.5 Å². The van der Waals surface area contributed by atoms with Gasteiger partial charge in [0, 0.05) is 11.8 Å². The maximum absolute atomic E-state index is 12.4. The monoisotopic (exact) mass is 320 g/mol. The standard InChI is InChI=1S/C19H16N2O3/c1-13-8-9-18(24-13)17-12-15(19(22)23-11-5-4-10-20)14-6-2-3-7-16(14)21-17/h2-3,6-9,12H,4-5,11H2,1H3. The number of fused-ring (bicyclic) bond motifs is 1. The molecule has 24 heavy (non-hydrogen) atoms. The quantitative estimate of drug-likeness (QED) is 0.518.